The SMILES string of the molecule is C=CCC1=C(c2ccccc2)C(c2cccs2)C(C#N)(C#N)C1. The Morgan fingerprint density at radius 1 is 1.17 bits per heavy atom. The van der Waals surface area contributed by atoms with Gasteiger partial charge < -0.3 is 0 Å². The molecule has 1 atom stereocenters. The average Bonchev–Trinajstić information content (AvgIpc) is 3.21. The molecule has 0 bridgehead atoms. The minimum Gasteiger partial charge on any atom is -0.197 e. The maximum absolute atomic E-state index is 9.82. The first kappa shape index (κ1) is 15.3. The highest BCUT2D eigenvalue weighted by atomic mass is 32.1. The van der Waals surface area contributed by atoms with Crippen LogP contribution in [0, 0.1) is 28.1 Å². The van der Waals surface area contributed by atoms with Gasteiger partial charge in [-0.3, -0.25) is 0 Å². The zero-order valence-electron chi connectivity index (χ0n) is 12.7. The van der Waals surface area contributed by atoms with Crippen LogP contribution in [0.2, 0.25) is 0 Å². The van der Waals surface area contributed by atoms with Crippen molar-refractivity contribution in [3.63, 3.8) is 0 Å². The van der Waals surface area contributed by atoms with Crippen LogP contribution in [0.25, 0.3) is 5.57 Å². The van der Waals surface area contributed by atoms with Gasteiger partial charge in [-0.1, -0.05) is 48.0 Å². The Morgan fingerprint density at radius 2 is 1.91 bits per heavy atom. The van der Waals surface area contributed by atoms with Gasteiger partial charge in [0.15, 0.2) is 5.41 Å². The van der Waals surface area contributed by atoms with Gasteiger partial charge in [-0.15, -0.1) is 17.9 Å². The maximum atomic E-state index is 9.82. The normalized spacial score (nSPS) is 19.1. The summed E-state index contributed by atoms with van der Waals surface area (Å²) in [5.74, 6) is -0.199. The van der Waals surface area contributed by atoms with Crippen LogP contribution in [0.4, 0.5) is 0 Å². The molecule has 1 aliphatic rings. The second-order valence-corrected chi connectivity index (χ2v) is 6.68. The van der Waals surface area contributed by atoms with Crippen molar-refractivity contribution >= 4 is 16.9 Å². The third kappa shape index (κ3) is 2.50. The molecule has 1 aromatic carbocycles. The molecule has 0 N–H and O–H groups in total. The van der Waals surface area contributed by atoms with Crippen LogP contribution in [0.15, 0.2) is 66.1 Å². The third-order valence-corrected chi connectivity index (χ3v) is 5.29. The fraction of sp³-hybridized carbons (Fsp3) is 0.200. The van der Waals surface area contributed by atoms with Gasteiger partial charge in [0.25, 0.3) is 0 Å². The van der Waals surface area contributed by atoms with Crippen LogP contribution >= 0.6 is 11.3 Å². The Labute approximate surface area is 140 Å². The highest BCUT2D eigenvalue weighted by molar-refractivity contribution is 7.10. The number of benzene rings is 1. The second kappa shape index (κ2) is 6.24. The van der Waals surface area contributed by atoms with E-state index in [1.807, 2.05) is 41.8 Å². The van der Waals surface area contributed by atoms with Crippen LogP contribution in [0.1, 0.15) is 29.2 Å². The number of rotatable bonds is 4. The Kier molecular flexibility index (Phi) is 4.15. The van der Waals surface area contributed by atoms with Crippen molar-refractivity contribution in [3.8, 4) is 12.1 Å². The van der Waals surface area contributed by atoms with Crippen LogP contribution in [0.3, 0.4) is 0 Å². The number of allylic oxidation sites excluding steroid dienone is 3. The quantitative estimate of drug-likeness (QED) is 0.719. The van der Waals surface area contributed by atoms with E-state index in [4.69, 9.17) is 0 Å². The third-order valence-electron chi connectivity index (χ3n) is 4.36. The first-order chi connectivity index (χ1) is 11.3. The summed E-state index contributed by atoms with van der Waals surface area (Å²) in [7, 11) is 0. The molecule has 2 aromatic rings. The minimum atomic E-state index is -1.03. The topological polar surface area (TPSA) is 47.6 Å². The summed E-state index contributed by atoms with van der Waals surface area (Å²) in [5, 5.41) is 21.6. The lowest BCUT2D eigenvalue weighted by Crippen LogP contribution is -2.21. The summed E-state index contributed by atoms with van der Waals surface area (Å²) in [5.41, 5.74) is 2.33. The average molecular weight is 316 g/mol. The van der Waals surface area contributed by atoms with E-state index < -0.39 is 5.41 Å². The molecule has 0 fully saturated rings. The first-order valence-electron chi connectivity index (χ1n) is 7.50. The van der Waals surface area contributed by atoms with E-state index in [-0.39, 0.29) is 5.92 Å². The molecule has 0 spiro atoms. The lowest BCUT2D eigenvalue weighted by Gasteiger charge is -2.23. The Hall–Kier alpha value is -2.62. The molecule has 1 aliphatic carbocycles. The van der Waals surface area contributed by atoms with Crippen LogP contribution < -0.4 is 0 Å². The lowest BCUT2D eigenvalue weighted by molar-refractivity contribution is 0.506. The Morgan fingerprint density at radius 3 is 2.48 bits per heavy atom. The van der Waals surface area contributed by atoms with E-state index in [0.29, 0.717) is 12.8 Å². The van der Waals surface area contributed by atoms with E-state index in [2.05, 4.69) is 30.9 Å². The highest BCUT2D eigenvalue weighted by Crippen LogP contribution is 2.57. The Bertz CT molecular complexity index is 803. The molecular weight excluding hydrogens is 300 g/mol. The molecule has 0 radical (unpaired) electrons. The molecule has 112 valence electrons. The molecule has 0 aliphatic heterocycles. The molecule has 23 heavy (non-hydrogen) atoms. The van der Waals surface area contributed by atoms with Crippen LogP contribution in [-0.4, -0.2) is 0 Å². The van der Waals surface area contributed by atoms with Crippen LogP contribution in [-0.2, 0) is 0 Å². The molecule has 3 heteroatoms. The van der Waals surface area contributed by atoms with Crippen molar-refractivity contribution < 1.29 is 0 Å². The van der Waals surface area contributed by atoms with E-state index in [1.54, 1.807) is 11.3 Å². The van der Waals surface area contributed by atoms with E-state index in [1.165, 1.54) is 0 Å². The fourth-order valence-electron chi connectivity index (χ4n) is 3.40. The van der Waals surface area contributed by atoms with Crippen molar-refractivity contribution in [3.05, 3.63) is 76.5 Å². The number of nitrogens with zero attached hydrogens (tertiary/aromatic N) is 2. The molecule has 1 unspecified atom stereocenters. The molecule has 0 amide bonds. The van der Waals surface area contributed by atoms with E-state index in [0.717, 1.165) is 21.6 Å². The van der Waals surface area contributed by atoms with Crippen molar-refractivity contribution in [2.24, 2.45) is 5.41 Å². The molecule has 0 saturated heterocycles. The van der Waals surface area contributed by atoms with Crippen molar-refractivity contribution in [1.82, 2.24) is 0 Å². The van der Waals surface area contributed by atoms with Gasteiger partial charge in [-0.2, -0.15) is 10.5 Å². The number of thiophene rings is 1. The number of hydrogen-bond donors (Lipinski definition) is 0. The first-order valence-corrected chi connectivity index (χ1v) is 8.38. The van der Waals surface area contributed by atoms with Gasteiger partial charge in [-0.25, -0.2) is 0 Å². The molecular formula is C20H16N2S. The van der Waals surface area contributed by atoms with E-state index in [9.17, 15) is 10.5 Å². The van der Waals surface area contributed by atoms with Crippen molar-refractivity contribution in [2.45, 2.75) is 18.8 Å². The molecule has 1 aromatic heterocycles. The molecule has 2 nitrogen and oxygen atoms in total. The summed E-state index contributed by atoms with van der Waals surface area (Å²) >= 11 is 1.61. The fourth-order valence-corrected chi connectivity index (χ4v) is 4.33. The molecule has 1 heterocycles. The van der Waals surface area contributed by atoms with Gasteiger partial charge in [0, 0.05) is 11.3 Å². The van der Waals surface area contributed by atoms with Crippen LogP contribution in [0.5, 0.6) is 0 Å². The summed E-state index contributed by atoms with van der Waals surface area (Å²) in [4.78, 5) is 1.08. The van der Waals surface area contributed by atoms with Gasteiger partial charge in [0.2, 0.25) is 0 Å². The smallest absolute Gasteiger partial charge is 0.159 e. The highest BCUT2D eigenvalue weighted by Gasteiger charge is 2.49. The predicted molar refractivity (Wildman–Crippen MR) is 93.5 cm³/mol. The van der Waals surface area contributed by atoms with Crippen molar-refractivity contribution in [2.75, 3.05) is 0 Å². The zero-order chi connectivity index (χ0) is 16.3. The number of nitriles is 2. The lowest BCUT2D eigenvalue weighted by atomic mass is 9.75. The van der Waals surface area contributed by atoms with Gasteiger partial charge in [-0.05, 0) is 29.0 Å². The molecule has 0 saturated carbocycles. The predicted octanol–water partition coefficient (Wildman–Crippen LogP) is 5.30. The van der Waals surface area contributed by atoms with Gasteiger partial charge in [0.05, 0.1) is 18.1 Å². The summed E-state index contributed by atoms with van der Waals surface area (Å²) in [6, 6.07) is 18.7. The van der Waals surface area contributed by atoms with E-state index >= 15 is 0 Å². The second-order valence-electron chi connectivity index (χ2n) is 5.70. The minimum absolute atomic E-state index is 0.199. The standard InChI is InChI=1S/C20H16N2S/c1-2-7-16-12-20(13-21,14-22)19(17-10-6-11-23-17)18(16)15-8-4-3-5-9-15/h2-6,8-11,19H,1,7,12H2. The van der Waals surface area contributed by atoms with Gasteiger partial charge >= 0.3 is 0 Å². The Balaban J connectivity index is 2.25. The zero-order valence-corrected chi connectivity index (χ0v) is 13.5. The maximum Gasteiger partial charge on any atom is 0.159 e. The summed E-state index contributed by atoms with van der Waals surface area (Å²) in [6.07, 6.45) is 3.05. The summed E-state index contributed by atoms with van der Waals surface area (Å²) < 4.78 is 0. The largest absolute Gasteiger partial charge is 0.197 e. The summed E-state index contributed by atoms with van der Waals surface area (Å²) in [6.45, 7) is 3.84. The molecule has 3 rings (SSSR count). The van der Waals surface area contributed by atoms with Gasteiger partial charge in [0.1, 0.15) is 0 Å². The monoisotopic (exact) mass is 316 g/mol. The number of hydrogen-bond acceptors (Lipinski definition) is 3. The van der Waals surface area contributed by atoms with Crippen molar-refractivity contribution in [1.29, 1.82) is 10.5 Å².